The van der Waals surface area contributed by atoms with Crippen molar-refractivity contribution in [3.63, 3.8) is 0 Å². The molecule has 0 aliphatic carbocycles. The maximum atomic E-state index is 12.8. The van der Waals surface area contributed by atoms with Crippen LogP contribution in [-0.4, -0.2) is 85.9 Å². The average Bonchev–Trinajstić information content (AvgIpc) is 3.08. The van der Waals surface area contributed by atoms with Crippen LogP contribution < -0.4 is 4.72 Å². The highest BCUT2D eigenvalue weighted by Gasteiger charge is 2.38. The molecule has 0 spiro atoms. The van der Waals surface area contributed by atoms with Gasteiger partial charge in [-0.2, -0.15) is 0 Å². The molecule has 0 aromatic heterocycles. The minimum absolute atomic E-state index is 0.0187. The summed E-state index contributed by atoms with van der Waals surface area (Å²) in [7, 11) is -3.37. The Morgan fingerprint density at radius 1 is 1.03 bits per heavy atom. The molecule has 1 atom stereocenters. The second-order valence-corrected chi connectivity index (χ2v) is 9.86. The Labute approximate surface area is 177 Å². The molecule has 9 nitrogen and oxygen atoms in total. The number of sulfonamides is 1. The van der Waals surface area contributed by atoms with Crippen LogP contribution in [-0.2, 0) is 19.6 Å². The molecule has 3 rings (SSSR count). The van der Waals surface area contributed by atoms with Gasteiger partial charge in [0.2, 0.25) is 21.8 Å². The van der Waals surface area contributed by atoms with E-state index < -0.39 is 10.0 Å². The Bertz CT molecular complexity index is 921. The number of rotatable bonds is 5. The summed E-state index contributed by atoms with van der Waals surface area (Å²) in [6, 6.07) is 6.34. The van der Waals surface area contributed by atoms with Crippen LogP contribution in [0, 0.1) is 5.92 Å². The smallest absolute Gasteiger partial charge is 0.253 e. The van der Waals surface area contributed by atoms with Crippen LogP contribution in [0.25, 0.3) is 0 Å². The topological polar surface area (TPSA) is 107 Å². The first-order valence-electron chi connectivity index (χ1n) is 10.0. The van der Waals surface area contributed by atoms with Crippen LogP contribution in [0.5, 0.6) is 0 Å². The van der Waals surface area contributed by atoms with Crippen molar-refractivity contribution in [2.75, 3.05) is 43.7 Å². The summed E-state index contributed by atoms with van der Waals surface area (Å²) in [5.41, 5.74) is 0.855. The maximum absolute atomic E-state index is 12.8. The third-order valence-corrected chi connectivity index (χ3v) is 6.05. The predicted molar refractivity (Wildman–Crippen MR) is 112 cm³/mol. The zero-order chi connectivity index (χ0) is 22.1. The molecule has 10 heteroatoms. The lowest BCUT2D eigenvalue weighted by atomic mass is 10.1. The van der Waals surface area contributed by atoms with E-state index in [9.17, 15) is 22.8 Å². The number of benzene rings is 1. The van der Waals surface area contributed by atoms with Crippen molar-refractivity contribution in [1.82, 2.24) is 14.7 Å². The highest BCUT2D eigenvalue weighted by Crippen LogP contribution is 2.23. The van der Waals surface area contributed by atoms with Gasteiger partial charge in [-0.3, -0.25) is 19.1 Å². The molecular weight excluding hydrogens is 408 g/mol. The molecule has 2 heterocycles. The van der Waals surface area contributed by atoms with Gasteiger partial charge in [-0.1, -0.05) is 0 Å². The van der Waals surface area contributed by atoms with Gasteiger partial charge < -0.3 is 14.7 Å². The minimum atomic E-state index is -3.37. The Morgan fingerprint density at radius 2 is 1.60 bits per heavy atom. The monoisotopic (exact) mass is 436 g/mol. The number of anilines is 1. The Kier molecular flexibility index (Phi) is 6.35. The van der Waals surface area contributed by atoms with Crippen LogP contribution >= 0.6 is 0 Å². The summed E-state index contributed by atoms with van der Waals surface area (Å²) < 4.78 is 24.9. The van der Waals surface area contributed by atoms with E-state index in [-0.39, 0.29) is 36.1 Å². The molecule has 0 bridgehead atoms. The molecule has 2 aliphatic rings. The van der Waals surface area contributed by atoms with Crippen molar-refractivity contribution in [2.45, 2.75) is 26.3 Å². The van der Waals surface area contributed by atoms with Crippen LogP contribution in [0.15, 0.2) is 24.3 Å². The van der Waals surface area contributed by atoms with Crippen molar-refractivity contribution in [2.24, 2.45) is 5.92 Å². The van der Waals surface area contributed by atoms with Crippen molar-refractivity contribution in [3.8, 4) is 0 Å². The number of carbonyl (C=O) groups excluding carboxylic acids is 3. The SMILES string of the molecule is CC(C)N1CC(C(=O)N2CCN(C(=O)c3ccc(NS(C)(=O)=O)cc3)CC2)CC1=O. The summed E-state index contributed by atoms with van der Waals surface area (Å²) in [5, 5.41) is 0. The highest BCUT2D eigenvalue weighted by atomic mass is 32.2. The molecule has 164 valence electrons. The van der Waals surface area contributed by atoms with Gasteiger partial charge in [-0.05, 0) is 38.1 Å². The molecule has 1 N–H and O–H groups in total. The zero-order valence-electron chi connectivity index (χ0n) is 17.5. The van der Waals surface area contributed by atoms with E-state index in [0.717, 1.165) is 6.26 Å². The fourth-order valence-electron chi connectivity index (χ4n) is 3.86. The lowest BCUT2D eigenvalue weighted by Crippen LogP contribution is -2.52. The second-order valence-electron chi connectivity index (χ2n) is 8.11. The normalized spacial score (nSPS) is 20.1. The van der Waals surface area contributed by atoms with Crippen LogP contribution in [0.4, 0.5) is 5.69 Å². The Hall–Kier alpha value is -2.62. The highest BCUT2D eigenvalue weighted by molar-refractivity contribution is 7.92. The number of amides is 3. The van der Waals surface area contributed by atoms with E-state index in [4.69, 9.17) is 0 Å². The fraction of sp³-hybridized carbons (Fsp3) is 0.550. The van der Waals surface area contributed by atoms with Crippen molar-refractivity contribution >= 4 is 33.4 Å². The first-order valence-corrected chi connectivity index (χ1v) is 11.9. The molecule has 2 fully saturated rings. The first kappa shape index (κ1) is 22.1. The number of nitrogens with one attached hydrogen (secondary N) is 1. The van der Waals surface area contributed by atoms with Gasteiger partial charge in [0.1, 0.15) is 0 Å². The van der Waals surface area contributed by atoms with E-state index in [1.807, 2.05) is 13.8 Å². The van der Waals surface area contributed by atoms with Gasteiger partial charge in [0.25, 0.3) is 5.91 Å². The first-order chi connectivity index (χ1) is 14.0. The third kappa shape index (κ3) is 5.10. The van der Waals surface area contributed by atoms with Crippen molar-refractivity contribution < 1.29 is 22.8 Å². The lowest BCUT2D eigenvalue weighted by Gasteiger charge is -2.36. The van der Waals surface area contributed by atoms with Crippen molar-refractivity contribution in [1.29, 1.82) is 0 Å². The summed E-state index contributed by atoms with van der Waals surface area (Å²) >= 11 is 0. The Balaban J connectivity index is 1.54. The van der Waals surface area contributed by atoms with Crippen molar-refractivity contribution in [3.05, 3.63) is 29.8 Å². The summed E-state index contributed by atoms with van der Waals surface area (Å²) in [6.07, 6.45) is 1.32. The molecule has 0 saturated carbocycles. The largest absolute Gasteiger partial charge is 0.339 e. The minimum Gasteiger partial charge on any atom is -0.339 e. The zero-order valence-corrected chi connectivity index (χ0v) is 18.3. The van der Waals surface area contributed by atoms with Gasteiger partial charge in [-0.15, -0.1) is 0 Å². The van der Waals surface area contributed by atoms with Gasteiger partial charge >= 0.3 is 0 Å². The van der Waals surface area contributed by atoms with E-state index >= 15 is 0 Å². The second kappa shape index (κ2) is 8.63. The number of likely N-dealkylation sites (tertiary alicyclic amines) is 1. The molecule has 3 amide bonds. The van der Waals surface area contributed by atoms with Crippen LogP contribution in [0.2, 0.25) is 0 Å². The molecule has 0 radical (unpaired) electrons. The Morgan fingerprint density at radius 3 is 2.10 bits per heavy atom. The van der Waals surface area contributed by atoms with E-state index in [0.29, 0.717) is 44.0 Å². The maximum Gasteiger partial charge on any atom is 0.253 e. The average molecular weight is 437 g/mol. The summed E-state index contributed by atoms with van der Waals surface area (Å²) in [5.74, 6) is -0.465. The van der Waals surface area contributed by atoms with Gasteiger partial charge in [0.05, 0.1) is 12.2 Å². The molecular formula is C20H28N4O5S. The van der Waals surface area contributed by atoms with E-state index in [2.05, 4.69) is 4.72 Å². The number of piperazine rings is 1. The standard InChI is InChI=1S/C20H28N4O5S/c1-14(2)24-13-16(12-18(24)25)20(27)23-10-8-22(9-11-23)19(26)15-4-6-17(7-5-15)21-30(3,28)29/h4-7,14,16,21H,8-13H2,1-3H3. The van der Waals surface area contributed by atoms with Gasteiger partial charge in [0, 0.05) is 56.4 Å². The number of hydrogen-bond acceptors (Lipinski definition) is 5. The summed E-state index contributed by atoms with van der Waals surface area (Å²) in [6.45, 7) is 6.06. The molecule has 1 aromatic rings. The van der Waals surface area contributed by atoms with E-state index in [1.165, 1.54) is 0 Å². The number of hydrogen-bond donors (Lipinski definition) is 1. The summed E-state index contributed by atoms with van der Waals surface area (Å²) in [4.78, 5) is 42.8. The van der Waals surface area contributed by atoms with Crippen LogP contribution in [0.1, 0.15) is 30.6 Å². The molecule has 1 unspecified atom stereocenters. The van der Waals surface area contributed by atoms with Gasteiger partial charge in [-0.25, -0.2) is 8.42 Å². The lowest BCUT2D eigenvalue weighted by molar-refractivity contribution is -0.137. The predicted octanol–water partition coefficient (Wildman–Crippen LogP) is 0.599. The number of nitrogens with zero attached hydrogens (tertiary/aromatic N) is 3. The fourth-order valence-corrected chi connectivity index (χ4v) is 4.43. The molecule has 1 aromatic carbocycles. The quantitative estimate of drug-likeness (QED) is 0.727. The molecule has 30 heavy (non-hydrogen) atoms. The number of carbonyl (C=O) groups is 3. The molecule has 2 aliphatic heterocycles. The molecule has 2 saturated heterocycles. The van der Waals surface area contributed by atoms with Crippen LogP contribution in [0.3, 0.4) is 0 Å². The third-order valence-electron chi connectivity index (χ3n) is 5.44. The van der Waals surface area contributed by atoms with Gasteiger partial charge in [0.15, 0.2) is 0 Å². The van der Waals surface area contributed by atoms with E-state index in [1.54, 1.807) is 39.0 Å².